The van der Waals surface area contributed by atoms with Crippen LogP contribution in [0.4, 0.5) is 5.95 Å². The molecule has 8 nitrogen and oxygen atoms in total. The van der Waals surface area contributed by atoms with Crippen molar-refractivity contribution in [1.82, 2.24) is 19.6 Å². The molecule has 4 aromatic rings. The number of aromatic nitrogens is 4. The third kappa shape index (κ3) is 4.08. The first-order valence-corrected chi connectivity index (χ1v) is 11.1. The highest BCUT2D eigenvalue weighted by Crippen LogP contribution is 2.25. The minimum Gasteiger partial charge on any atom is -0.228 e. The van der Waals surface area contributed by atoms with Gasteiger partial charge < -0.3 is 0 Å². The number of benzene rings is 2. The Kier molecular flexibility index (Phi) is 5.35. The van der Waals surface area contributed by atoms with Crippen molar-refractivity contribution in [2.24, 2.45) is 0 Å². The van der Waals surface area contributed by atoms with Gasteiger partial charge in [-0.15, -0.1) is 5.10 Å². The molecule has 0 saturated carbocycles. The highest BCUT2D eigenvalue weighted by molar-refractivity contribution is 7.92. The third-order valence-corrected chi connectivity index (χ3v) is 6.61. The van der Waals surface area contributed by atoms with Gasteiger partial charge in [0.05, 0.1) is 23.1 Å². The van der Waals surface area contributed by atoms with Crippen LogP contribution < -0.4 is 4.31 Å². The standard InChI is InChI=1S/C21H17ClN6O2S/c1-14-10-15(2)28-20(24-14)25-21(26-28)27(13-17-5-3-4-16(11-17)12-23)31(29,30)19-8-6-18(22)7-9-19/h3-11H,13H2,1-2H3. The van der Waals surface area contributed by atoms with Crippen molar-refractivity contribution in [3.05, 3.63) is 82.1 Å². The first-order valence-electron chi connectivity index (χ1n) is 9.26. The van der Waals surface area contributed by atoms with Gasteiger partial charge in [-0.05, 0) is 61.9 Å². The van der Waals surface area contributed by atoms with Crippen molar-refractivity contribution >= 4 is 33.4 Å². The Morgan fingerprint density at radius 2 is 1.84 bits per heavy atom. The summed E-state index contributed by atoms with van der Waals surface area (Å²) in [4.78, 5) is 8.78. The van der Waals surface area contributed by atoms with E-state index < -0.39 is 10.0 Å². The average molecular weight is 453 g/mol. The molecule has 2 aromatic carbocycles. The van der Waals surface area contributed by atoms with Crippen molar-refractivity contribution in [3.8, 4) is 6.07 Å². The van der Waals surface area contributed by atoms with Crippen molar-refractivity contribution in [2.75, 3.05) is 4.31 Å². The Labute approximate surface area is 184 Å². The third-order valence-electron chi connectivity index (χ3n) is 4.61. The second kappa shape index (κ2) is 7.98. The summed E-state index contributed by atoms with van der Waals surface area (Å²) in [5.74, 6) is 0.285. The topological polar surface area (TPSA) is 104 Å². The quantitative estimate of drug-likeness (QED) is 0.457. The van der Waals surface area contributed by atoms with Gasteiger partial charge in [-0.2, -0.15) is 14.8 Å². The Morgan fingerprint density at radius 3 is 2.55 bits per heavy atom. The molecule has 0 aliphatic heterocycles. The summed E-state index contributed by atoms with van der Waals surface area (Å²) in [6.45, 7) is 3.61. The molecule has 0 aliphatic carbocycles. The largest absolute Gasteiger partial charge is 0.267 e. The maximum Gasteiger partial charge on any atom is 0.267 e. The molecule has 156 valence electrons. The minimum atomic E-state index is -4.03. The first kappa shape index (κ1) is 20.8. The highest BCUT2D eigenvalue weighted by Gasteiger charge is 2.29. The molecule has 0 unspecified atom stereocenters. The maximum absolute atomic E-state index is 13.5. The molecule has 2 aromatic heterocycles. The summed E-state index contributed by atoms with van der Waals surface area (Å²) in [6, 6.07) is 16.5. The van der Waals surface area contributed by atoms with Crippen LogP contribution in [0.2, 0.25) is 5.02 Å². The number of anilines is 1. The number of hydrogen-bond donors (Lipinski definition) is 0. The molecule has 4 rings (SSSR count). The summed E-state index contributed by atoms with van der Waals surface area (Å²) in [5, 5.41) is 14.0. The fraction of sp³-hybridized carbons (Fsp3) is 0.143. The van der Waals surface area contributed by atoms with Crippen LogP contribution in [0.3, 0.4) is 0 Å². The summed E-state index contributed by atoms with van der Waals surface area (Å²) < 4.78 is 29.7. The van der Waals surface area contributed by atoms with Crippen LogP contribution in [0.25, 0.3) is 5.78 Å². The Balaban J connectivity index is 1.87. The van der Waals surface area contributed by atoms with Gasteiger partial charge in [-0.25, -0.2) is 17.7 Å². The number of fused-ring (bicyclic) bond motifs is 1. The van der Waals surface area contributed by atoms with E-state index in [4.69, 9.17) is 11.6 Å². The smallest absolute Gasteiger partial charge is 0.228 e. The molecular formula is C21H17ClN6O2S. The Bertz CT molecular complexity index is 1420. The number of halogens is 1. The molecule has 0 aliphatic rings. The maximum atomic E-state index is 13.5. The van der Waals surface area contributed by atoms with Gasteiger partial charge in [0.1, 0.15) is 0 Å². The van der Waals surface area contributed by atoms with E-state index in [1.165, 1.54) is 28.8 Å². The van der Waals surface area contributed by atoms with Crippen LogP contribution >= 0.6 is 11.6 Å². The molecule has 0 radical (unpaired) electrons. The summed E-state index contributed by atoms with van der Waals surface area (Å²) >= 11 is 5.93. The van der Waals surface area contributed by atoms with Crippen molar-refractivity contribution in [3.63, 3.8) is 0 Å². The number of nitriles is 1. The Hall–Kier alpha value is -3.48. The van der Waals surface area contributed by atoms with E-state index in [9.17, 15) is 13.7 Å². The second-order valence-corrected chi connectivity index (χ2v) is 9.24. The molecule has 0 saturated heterocycles. The monoisotopic (exact) mass is 452 g/mol. The van der Waals surface area contributed by atoms with Crippen LogP contribution in [0.5, 0.6) is 0 Å². The molecule has 0 atom stereocenters. The van der Waals surface area contributed by atoms with Crippen molar-refractivity contribution in [1.29, 1.82) is 5.26 Å². The van der Waals surface area contributed by atoms with Gasteiger partial charge in [-0.3, -0.25) is 0 Å². The second-order valence-electron chi connectivity index (χ2n) is 6.94. The Morgan fingerprint density at radius 1 is 1.10 bits per heavy atom. The fourth-order valence-corrected chi connectivity index (χ4v) is 4.64. The molecule has 2 heterocycles. The zero-order valence-corrected chi connectivity index (χ0v) is 18.3. The highest BCUT2D eigenvalue weighted by atomic mass is 35.5. The molecule has 0 N–H and O–H groups in total. The van der Waals surface area contributed by atoms with Crippen LogP contribution in [-0.4, -0.2) is 28.0 Å². The minimum absolute atomic E-state index is 0.0153. The van der Waals surface area contributed by atoms with Gasteiger partial charge in [0.2, 0.25) is 0 Å². The van der Waals surface area contributed by atoms with Gasteiger partial charge >= 0.3 is 0 Å². The van der Waals surface area contributed by atoms with Crippen LogP contribution in [0.1, 0.15) is 22.5 Å². The fourth-order valence-electron chi connectivity index (χ4n) is 3.16. The molecular weight excluding hydrogens is 436 g/mol. The van der Waals surface area contributed by atoms with Gasteiger partial charge in [0, 0.05) is 16.4 Å². The normalized spacial score (nSPS) is 11.4. The number of sulfonamides is 1. The van der Waals surface area contributed by atoms with E-state index in [2.05, 4.69) is 21.1 Å². The van der Waals surface area contributed by atoms with Crippen LogP contribution in [0, 0.1) is 25.2 Å². The lowest BCUT2D eigenvalue weighted by atomic mass is 10.1. The molecule has 10 heteroatoms. The number of hydrogen-bond acceptors (Lipinski definition) is 6. The van der Waals surface area contributed by atoms with Crippen LogP contribution in [-0.2, 0) is 16.6 Å². The average Bonchev–Trinajstić information content (AvgIpc) is 3.16. The zero-order chi connectivity index (χ0) is 22.2. The van der Waals surface area contributed by atoms with E-state index in [1.54, 1.807) is 24.3 Å². The summed E-state index contributed by atoms with van der Waals surface area (Å²) in [6.07, 6.45) is 0. The van der Waals surface area contributed by atoms with E-state index >= 15 is 0 Å². The van der Waals surface area contributed by atoms with Crippen LogP contribution in [0.15, 0.2) is 59.5 Å². The molecule has 0 amide bonds. The summed E-state index contributed by atoms with van der Waals surface area (Å²) in [7, 11) is -4.03. The van der Waals surface area contributed by atoms with E-state index in [1.807, 2.05) is 19.9 Å². The SMILES string of the molecule is Cc1cc(C)n2nc(N(Cc3cccc(C#N)c3)S(=O)(=O)c3ccc(Cl)cc3)nc2n1. The number of rotatable bonds is 5. The lowest BCUT2D eigenvalue weighted by molar-refractivity contribution is 0.589. The molecule has 0 fully saturated rings. The molecule has 0 bridgehead atoms. The van der Waals surface area contributed by atoms with Crippen molar-refractivity contribution < 1.29 is 8.42 Å². The zero-order valence-electron chi connectivity index (χ0n) is 16.7. The predicted octanol–water partition coefficient (Wildman–Crippen LogP) is 3.66. The van der Waals surface area contributed by atoms with E-state index in [0.717, 1.165) is 15.7 Å². The van der Waals surface area contributed by atoms with E-state index in [-0.39, 0.29) is 17.4 Å². The van der Waals surface area contributed by atoms with Gasteiger partial charge in [-0.1, -0.05) is 23.7 Å². The summed E-state index contributed by atoms with van der Waals surface area (Å²) in [5.41, 5.74) is 2.57. The van der Waals surface area contributed by atoms with E-state index in [0.29, 0.717) is 21.9 Å². The molecule has 31 heavy (non-hydrogen) atoms. The lowest BCUT2D eigenvalue weighted by Gasteiger charge is -2.21. The number of aryl methyl sites for hydroxylation is 2. The predicted molar refractivity (Wildman–Crippen MR) is 116 cm³/mol. The number of nitrogens with zero attached hydrogens (tertiary/aromatic N) is 6. The molecule has 0 spiro atoms. The van der Waals surface area contributed by atoms with Gasteiger partial charge in [0.25, 0.3) is 21.7 Å². The van der Waals surface area contributed by atoms with Gasteiger partial charge in [0.15, 0.2) is 0 Å². The first-order chi connectivity index (χ1) is 14.8. The lowest BCUT2D eigenvalue weighted by Crippen LogP contribution is -2.31. The van der Waals surface area contributed by atoms with Crippen molar-refractivity contribution in [2.45, 2.75) is 25.3 Å².